The fourth-order valence-electron chi connectivity index (χ4n) is 3.73. The molecule has 0 aliphatic carbocycles. The fourth-order valence-corrected chi connectivity index (χ4v) is 3.73. The molecule has 2 heterocycles. The Kier molecular flexibility index (Phi) is 7.26. The first kappa shape index (κ1) is 22.3. The number of fused-ring (bicyclic) bond motifs is 1. The lowest BCUT2D eigenvalue weighted by Crippen LogP contribution is -2.36. The molecule has 4 rings (SSSR count). The molecule has 0 unspecified atom stereocenters. The second kappa shape index (κ2) is 10.1. The van der Waals surface area contributed by atoms with E-state index in [1.807, 2.05) is 47.4 Å². The monoisotopic (exact) mass is 419 g/mol. The van der Waals surface area contributed by atoms with Gasteiger partial charge >= 0.3 is 0 Å². The van der Waals surface area contributed by atoms with Crippen molar-refractivity contribution in [2.24, 2.45) is 0 Å². The summed E-state index contributed by atoms with van der Waals surface area (Å²) in [6, 6.07) is 17.9. The van der Waals surface area contributed by atoms with Crippen LogP contribution in [0.5, 0.6) is 0 Å². The van der Waals surface area contributed by atoms with Crippen LogP contribution in [-0.4, -0.2) is 66.0 Å². The van der Waals surface area contributed by atoms with E-state index in [1.165, 1.54) is 0 Å². The quantitative estimate of drug-likeness (QED) is 0.681. The molecule has 0 saturated carbocycles. The number of carbonyl (C=O) groups excluding carboxylic acids is 2. The van der Waals surface area contributed by atoms with E-state index in [-0.39, 0.29) is 11.8 Å². The van der Waals surface area contributed by atoms with Crippen LogP contribution in [0, 0.1) is 0 Å². The van der Waals surface area contributed by atoms with Crippen LogP contribution in [0.1, 0.15) is 28.0 Å². The standard InChI is InChI=1S/C24H25N3O2.CH4O/c1-26(2)24(29)22-15-19-11-10-18(14-21(19)25-22)20-9-6-12-27(16-20)23(28)13-17-7-4-3-5-8-17;1-2/h3-5,7-11,14-15,25H,6,12-13,16H2,1-2H3;2H,1H3. The lowest BCUT2D eigenvalue weighted by Gasteiger charge is -2.28. The number of H-pyrrole nitrogens is 1. The van der Waals surface area contributed by atoms with Gasteiger partial charge in [0.25, 0.3) is 5.91 Å². The summed E-state index contributed by atoms with van der Waals surface area (Å²) in [5, 5.41) is 8.01. The Labute approximate surface area is 182 Å². The van der Waals surface area contributed by atoms with E-state index in [0.29, 0.717) is 18.7 Å². The van der Waals surface area contributed by atoms with Gasteiger partial charge in [-0.3, -0.25) is 9.59 Å². The van der Waals surface area contributed by atoms with E-state index in [4.69, 9.17) is 5.11 Å². The maximum Gasteiger partial charge on any atom is 0.269 e. The predicted molar refractivity (Wildman–Crippen MR) is 124 cm³/mol. The van der Waals surface area contributed by atoms with E-state index in [2.05, 4.69) is 23.2 Å². The number of nitrogens with one attached hydrogen (secondary N) is 1. The summed E-state index contributed by atoms with van der Waals surface area (Å²) >= 11 is 0. The average molecular weight is 420 g/mol. The predicted octanol–water partition coefficient (Wildman–Crippen LogP) is 3.34. The molecule has 0 fully saturated rings. The highest BCUT2D eigenvalue weighted by Gasteiger charge is 2.20. The topological polar surface area (TPSA) is 76.6 Å². The molecular formula is C25H29N3O3. The Bertz CT molecular complexity index is 1080. The van der Waals surface area contributed by atoms with Crippen molar-refractivity contribution in [3.05, 3.63) is 77.5 Å². The smallest absolute Gasteiger partial charge is 0.269 e. The molecule has 0 saturated heterocycles. The molecule has 162 valence electrons. The molecule has 2 aromatic carbocycles. The van der Waals surface area contributed by atoms with E-state index in [1.54, 1.807) is 19.0 Å². The van der Waals surface area contributed by atoms with Gasteiger partial charge in [0.05, 0.1) is 6.42 Å². The highest BCUT2D eigenvalue weighted by Crippen LogP contribution is 2.26. The van der Waals surface area contributed by atoms with Crippen LogP contribution < -0.4 is 0 Å². The van der Waals surface area contributed by atoms with Gasteiger partial charge < -0.3 is 19.9 Å². The number of aliphatic hydroxyl groups is 1. The highest BCUT2D eigenvalue weighted by molar-refractivity contribution is 5.98. The molecule has 2 amide bonds. The van der Waals surface area contributed by atoms with Crippen LogP contribution in [0.3, 0.4) is 0 Å². The third kappa shape index (κ3) is 5.22. The van der Waals surface area contributed by atoms with Gasteiger partial charge in [-0.25, -0.2) is 0 Å². The average Bonchev–Trinajstić information content (AvgIpc) is 3.24. The number of hydrogen-bond acceptors (Lipinski definition) is 3. The number of aromatic amines is 1. The minimum absolute atomic E-state index is 0.0442. The number of rotatable bonds is 4. The minimum Gasteiger partial charge on any atom is -0.400 e. The fraction of sp³-hybridized carbons (Fsp3) is 0.280. The number of aliphatic hydroxyl groups excluding tert-OH is 1. The summed E-state index contributed by atoms with van der Waals surface area (Å²) in [5.74, 6) is 0.110. The summed E-state index contributed by atoms with van der Waals surface area (Å²) < 4.78 is 0. The van der Waals surface area contributed by atoms with Crippen molar-refractivity contribution in [3.63, 3.8) is 0 Å². The molecular weight excluding hydrogens is 390 g/mol. The van der Waals surface area contributed by atoms with Gasteiger partial charge in [0.2, 0.25) is 5.91 Å². The number of benzene rings is 2. The first-order valence-electron chi connectivity index (χ1n) is 10.3. The zero-order valence-corrected chi connectivity index (χ0v) is 18.3. The molecule has 2 N–H and O–H groups in total. The van der Waals surface area contributed by atoms with Crippen molar-refractivity contribution < 1.29 is 14.7 Å². The van der Waals surface area contributed by atoms with Crippen molar-refractivity contribution in [2.45, 2.75) is 12.8 Å². The Morgan fingerprint density at radius 2 is 1.81 bits per heavy atom. The number of nitrogens with zero attached hydrogens (tertiary/aromatic N) is 2. The molecule has 6 heteroatoms. The van der Waals surface area contributed by atoms with Gasteiger partial charge in [-0.05, 0) is 35.3 Å². The number of amides is 2. The summed E-state index contributed by atoms with van der Waals surface area (Å²) in [7, 11) is 4.49. The van der Waals surface area contributed by atoms with Crippen LogP contribution in [0.2, 0.25) is 0 Å². The van der Waals surface area contributed by atoms with Gasteiger partial charge in [-0.1, -0.05) is 48.5 Å². The number of carbonyl (C=O) groups is 2. The molecule has 6 nitrogen and oxygen atoms in total. The van der Waals surface area contributed by atoms with Gasteiger partial charge in [0, 0.05) is 45.2 Å². The van der Waals surface area contributed by atoms with E-state index >= 15 is 0 Å². The van der Waals surface area contributed by atoms with Gasteiger partial charge in [0.1, 0.15) is 5.69 Å². The molecule has 0 spiro atoms. The maximum atomic E-state index is 12.7. The second-order valence-corrected chi connectivity index (χ2v) is 7.68. The zero-order valence-electron chi connectivity index (χ0n) is 18.3. The van der Waals surface area contributed by atoms with Crippen molar-refractivity contribution in [1.82, 2.24) is 14.8 Å². The number of hydrogen-bond donors (Lipinski definition) is 2. The Morgan fingerprint density at radius 3 is 2.52 bits per heavy atom. The van der Waals surface area contributed by atoms with E-state index < -0.39 is 0 Å². The second-order valence-electron chi connectivity index (χ2n) is 7.68. The minimum atomic E-state index is -0.0442. The largest absolute Gasteiger partial charge is 0.400 e. The van der Waals surface area contributed by atoms with Crippen molar-refractivity contribution in [2.75, 3.05) is 34.3 Å². The van der Waals surface area contributed by atoms with E-state index in [9.17, 15) is 9.59 Å². The van der Waals surface area contributed by atoms with E-state index in [0.717, 1.165) is 47.7 Å². The van der Waals surface area contributed by atoms with Gasteiger partial charge in [-0.15, -0.1) is 0 Å². The highest BCUT2D eigenvalue weighted by atomic mass is 16.2. The SMILES string of the molecule is CN(C)C(=O)c1cc2ccc(C3=CCCN(C(=O)Cc4ccccc4)C3)cc2[nH]1.CO. The molecule has 1 aromatic heterocycles. The van der Waals surface area contributed by atoms with Crippen molar-refractivity contribution in [3.8, 4) is 0 Å². The van der Waals surface area contributed by atoms with Gasteiger partial charge in [0.15, 0.2) is 0 Å². The first-order chi connectivity index (χ1) is 15.0. The molecule has 0 radical (unpaired) electrons. The van der Waals surface area contributed by atoms with Crippen molar-refractivity contribution >= 4 is 28.3 Å². The summed E-state index contributed by atoms with van der Waals surface area (Å²) in [6.07, 6.45) is 3.49. The summed E-state index contributed by atoms with van der Waals surface area (Å²) in [4.78, 5) is 31.7. The Balaban J connectivity index is 0.00000132. The molecule has 0 bridgehead atoms. The third-order valence-corrected chi connectivity index (χ3v) is 5.33. The lowest BCUT2D eigenvalue weighted by atomic mass is 9.99. The van der Waals surface area contributed by atoms with Crippen LogP contribution in [-0.2, 0) is 11.2 Å². The van der Waals surface area contributed by atoms with Crippen molar-refractivity contribution in [1.29, 1.82) is 0 Å². The molecule has 31 heavy (non-hydrogen) atoms. The molecule has 1 aliphatic rings. The molecule has 3 aromatic rings. The number of aromatic nitrogens is 1. The maximum absolute atomic E-state index is 12.7. The summed E-state index contributed by atoms with van der Waals surface area (Å²) in [5.41, 5.74) is 4.79. The third-order valence-electron chi connectivity index (χ3n) is 5.33. The first-order valence-corrected chi connectivity index (χ1v) is 10.3. The normalized spacial score (nSPS) is 13.3. The zero-order chi connectivity index (χ0) is 22.4. The van der Waals surface area contributed by atoms with Gasteiger partial charge in [-0.2, -0.15) is 0 Å². The summed E-state index contributed by atoms with van der Waals surface area (Å²) in [6.45, 7) is 1.36. The van der Waals surface area contributed by atoms with Crippen LogP contribution >= 0.6 is 0 Å². The Morgan fingerprint density at radius 1 is 1.06 bits per heavy atom. The van der Waals surface area contributed by atoms with Crippen LogP contribution in [0.4, 0.5) is 0 Å². The Hall–Kier alpha value is -3.38. The molecule has 1 aliphatic heterocycles. The van der Waals surface area contributed by atoms with Crippen LogP contribution in [0.15, 0.2) is 60.7 Å². The lowest BCUT2D eigenvalue weighted by molar-refractivity contribution is -0.129. The molecule has 0 atom stereocenters. The van der Waals surface area contributed by atoms with Crippen LogP contribution in [0.25, 0.3) is 16.5 Å².